The van der Waals surface area contributed by atoms with Gasteiger partial charge >= 0.3 is 0 Å². The summed E-state index contributed by atoms with van der Waals surface area (Å²) >= 11 is 8.75. The molecule has 7 nitrogen and oxygen atoms in total. The average molecular weight is 447 g/mol. The molecule has 0 bridgehead atoms. The van der Waals surface area contributed by atoms with Crippen LogP contribution < -0.4 is 16.0 Å². The number of thiocarbonyl (C=S) groups is 1. The van der Waals surface area contributed by atoms with Gasteiger partial charge < -0.3 is 16.0 Å². The van der Waals surface area contributed by atoms with Crippen molar-refractivity contribution in [2.45, 2.75) is 13.0 Å². The molecule has 27 heavy (non-hydrogen) atoms. The van der Waals surface area contributed by atoms with Gasteiger partial charge in [-0.1, -0.05) is 40.2 Å². The Balaban J connectivity index is 1.96. The molecule has 1 aliphatic rings. The van der Waals surface area contributed by atoms with Crippen LogP contribution in [-0.2, 0) is 4.79 Å². The molecule has 0 aliphatic carbocycles. The highest BCUT2D eigenvalue weighted by Gasteiger charge is 2.31. The van der Waals surface area contributed by atoms with E-state index in [4.69, 9.17) is 12.2 Å². The summed E-state index contributed by atoms with van der Waals surface area (Å²) in [7, 11) is 0. The number of carbonyl (C=O) groups is 1. The van der Waals surface area contributed by atoms with Crippen LogP contribution in [0.2, 0.25) is 0 Å². The molecule has 1 aliphatic heterocycles. The maximum Gasteiger partial charge on any atom is 0.271 e. The minimum atomic E-state index is -0.508. The Morgan fingerprint density at radius 1 is 1.26 bits per heavy atom. The van der Waals surface area contributed by atoms with Gasteiger partial charge in [0.15, 0.2) is 5.11 Å². The van der Waals surface area contributed by atoms with Crippen molar-refractivity contribution in [3.63, 3.8) is 0 Å². The molecule has 2 aromatic carbocycles. The first-order valence-electron chi connectivity index (χ1n) is 7.95. The van der Waals surface area contributed by atoms with Crippen LogP contribution in [0.25, 0.3) is 0 Å². The molecule has 138 valence electrons. The molecule has 3 rings (SSSR count). The van der Waals surface area contributed by atoms with Crippen LogP contribution in [-0.4, -0.2) is 15.9 Å². The molecule has 3 N–H and O–H groups in total. The zero-order valence-electron chi connectivity index (χ0n) is 14.2. The fourth-order valence-electron chi connectivity index (χ4n) is 2.83. The van der Waals surface area contributed by atoms with Gasteiger partial charge in [-0.2, -0.15) is 0 Å². The lowest BCUT2D eigenvalue weighted by Crippen LogP contribution is -2.45. The van der Waals surface area contributed by atoms with Crippen LogP contribution in [0.1, 0.15) is 18.5 Å². The number of amides is 1. The predicted octanol–water partition coefficient (Wildman–Crippen LogP) is 3.79. The van der Waals surface area contributed by atoms with E-state index in [0.29, 0.717) is 22.1 Å². The van der Waals surface area contributed by atoms with Crippen molar-refractivity contribution in [1.82, 2.24) is 10.6 Å². The molecule has 2 aromatic rings. The SMILES string of the molecule is CC1=C(C(=O)Nc2cccc([N+](=O)[O-])c2)C(c2ccccc2Br)NC(=S)N1. The van der Waals surface area contributed by atoms with E-state index in [9.17, 15) is 14.9 Å². The summed E-state index contributed by atoms with van der Waals surface area (Å²) in [4.78, 5) is 23.4. The number of nitro groups is 1. The minimum absolute atomic E-state index is 0.0954. The molecule has 1 atom stereocenters. The lowest BCUT2D eigenvalue weighted by Gasteiger charge is -2.31. The number of benzene rings is 2. The summed E-state index contributed by atoms with van der Waals surface area (Å²) in [6.45, 7) is 1.76. The smallest absolute Gasteiger partial charge is 0.271 e. The van der Waals surface area contributed by atoms with E-state index in [-0.39, 0.29) is 11.6 Å². The summed E-state index contributed by atoms with van der Waals surface area (Å²) in [6.07, 6.45) is 0. The highest BCUT2D eigenvalue weighted by Crippen LogP contribution is 2.32. The average Bonchev–Trinajstić information content (AvgIpc) is 2.61. The van der Waals surface area contributed by atoms with E-state index in [1.54, 1.807) is 13.0 Å². The van der Waals surface area contributed by atoms with E-state index >= 15 is 0 Å². The highest BCUT2D eigenvalue weighted by atomic mass is 79.9. The van der Waals surface area contributed by atoms with Crippen molar-refractivity contribution in [3.05, 3.63) is 80.0 Å². The molecule has 0 spiro atoms. The monoisotopic (exact) mass is 446 g/mol. The zero-order valence-corrected chi connectivity index (χ0v) is 16.6. The third kappa shape index (κ3) is 4.15. The first kappa shape index (κ1) is 19.0. The van der Waals surface area contributed by atoms with Gasteiger partial charge in [0.05, 0.1) is 16.5 Å². The lowest BCUT2D eigenvalue weighted by atomic mass is 9.95. The third-order valence-corrected chi connectivity index (χ3v) is 4.99. The van der Waals surface area contributed by atoms with Crippen LogP contribution in [0.5, 0.6) is 0 Å². The Morgan fingerprint density at radius 3 is 2.70 bits per heavy atom. The van der Waals surface area contributed by atoms with Crippen molar-refractivity contribution in [2.75, 3.05) is 5.32 Å². The fraction of sp³-hybridized carbons (Fsp3) is 0.111. The number of non-ortho nitro benzene ring substituents is 1. The zero-order chi connectivity index (χ0) is 19.6. The standard InChI is InChI=1S/C18H15BrN4O3S/c1-10-15(17(24)21-11-5-4-6-12(9-11)23(25)26)16(22-18(27)20-10)13-7-2-3-8-14(13)19/h2-9,16H,1H3,(H,21,24)(H2,20,22,27). The van der Waals surface area contributed by atoms with Gasteiger partial charge in [0.2, 0.25) is 0 Å². The molecular formula is C18H15BrN4O3S. The number of nitrogens with one attached hydrogen (secondary N) is 3. The molecule has 0 saturated carbocycles. The third-order valence-electron chi connectivity index (χ3n) is 4.04. The van der Waals surface area contributed by atoms with Crippen molar-refractivity contribution < 1.29 is 9.72 Å². The first-order valence-corrected chi connectivity index (χ1v) is 9.15. The van der Waals surface area contributed by atoms with Gasteiger partial charge in [-0.25, -0.2) is 0 Å². The van der Waals surface area contributed by atoms with Gasteiger partial charge in [-0.3, -0.25) is 14.9 Å². The second kappa shape index (κ2) is 7.85. The number of carbonyl (C=O) groups excluding carboxylic acids is 1. The van der Waals surface area contributed by atoms with E-state index in [0.717, 1.165) is 10.0 Å². The number of allylic oxidation sites excluding steroid dienone is 1. The molecule has 0 fully saturated rings. The van der Waals surface area contributed by atoms with Crippen molar-refractivity contribution in [1.29, 1.82) is 0 Å². The fourth-order valence-corrected chi connectivity index (χ4v) is 3.62. The first-order chi connectivity index (χ1) is 12.9. The second-order valence-corrected chi connectivity index (χ2v) is 7.12. The molecule has 9 heteroatoms. The highest BCUT2D eigenvalue weighted by molar-refractivity contribution is 9.10. The molecule has 1 unspecified atom stereocenters. The van der Waals surface area contributed by atoms with E-state index < -0.39 is 11.0 Å². The molecule has 1 amide bonds. The molecule has 0 saturated heterocycles. The summed E-state index contributed by atoms with van der Waals surface area (Å²) < 4.78 is 0.834. The molecule has 0 radical (unpaired) electrons. The number of nitrogens with zero attached hydrogens (tertiary/aromatic N) is 1. The largest absolute Gasteiger partial charge is 0.351 e. The predicted molar refractivity (Wildman–Crippen MR) is 110 cm³/mol. The Labute approximate surface area is 169 Å². The number of halogens is 1. The van der Waals surface area contributed by atoms with Crippen LogP contribution in [0, 0.1) is 10.1 Å². The quantitative estimate of drug-likeness (QED) is 0.375. The lowest BCUT2D eigenvalue weighted by molar-refractivity contribution is -0.384. The van der Waals surface area contributed by atoms with E-state index in [2.05, 4.69) is 31.9 Å². The molecule has 1 heterocycles. The summed E-state index contributed by atoms with van der Waals surface area (Å²) in [6, 6.07) is 12.9. The number of hydrogen-bond acceptors (Lipinski definition) is 4. The second-order valence-electron chi connectivity index (χ2n) is 5.85. The van der Waals surface area contributed by atoms with Gasteiger partial charge in [-0.05, 0) is 36.8 Å². The minimum Gasteiger partial charge on any atom is -0.351 e. The van der Waals surface area contributed by atoms with Crippen molar-refractivity contribution in [3.8, 4) is 0 Å². The number of rotatable bonds is 4. The Morgan fingerprint density at radius 2 is 2.00 bits per heavy atom. The van der Waals surface area contributed by atoms with E-state index in [1.165, 1.54) is 18.2 Å². The number of nitro benzene ring substituents is 1. The maximum atomic E-state index is 13.0. The van der Waals surface area contributed by atoms with Crippen molar-refractivity contribution >= 4 is 50.5 Å². The van der Waals surface area contributed by atoms with Crippen LogP contribution in [0.15, 0.2) is 64.3 Å². The normalized spacial score (nSPS) is 16.4. The summed E-state index contributed by atoms with van der Waals surface area (Å²) in [5, 5.41) is 20.2. The number of hydrogen-bond donors (Lipinski definition) is 3. The number of anilines is 1. The summed E-state index contributed by atoms with van der Waals surface area (Å²) in [5.74, 6) is -0.378. The van der Waals surface area contributed by atoms with Crippen LogP contribution in [0.3, 0.4) is 0 Å². The maximum absolute atomic E-state index is 13.0. The van der Waals surface area contributed by atoms with E-state index in [1.807, 2.05) is 24.3 Å². The van der Waals surface area contributed by atoms with Crippen LogP contribution >= 0.6 is 28.1 Å². The van der Waals surface area contributed by atoms with Gasteiger partial charge in [0.1, 0.15) is 0 Å². The Hall–Kier alpha value is -2.78. The topological polar surface area (TPSA) is 96.3 Å². The van der Waals surface area contributed by atoms with Crippen molar-refractivity contribution in [2.24, 2.45) is 0 Å². The summed E-state index contributed by atoms with van der Waals surface area (Å²) in [5.41, 5.74) is 2.16. The van der Waals surface area contributed by atoms with Gasteiger partial charge in [0.25, 0.3) is 11.6 Å². The molecular weight excluding hydrogens is 432 g/mol. The van der Waals surface area contributed by atoms with Gasteiger partial charge in [0, 0.05) is 28.0 Å². The Bertz CT molecular complexity index is 977. The van der Waals surface area contributed by atoms with Gasteiger partial charge in [-0.15, -0.1) is 0 Å². The van der Waals surface area contributed by atoms with Crippen LogP contribution in [0.4, 0.5) is 11.4 Å². The Kier molecular flexibility index (Phi) is 5.52. The molecule has 0 aromatic heterocycles.